The predicted molar refractivity (Wildman–Crippen MR) is 138 cm³/mol. The van der Waals surface area contributed by atoms with Crippen molar-refractivity contribution in [2.45, 2.75) is 55.5 Å². The van der Waals surface area contributed by atoms with Gasteiger partial charge in [0.1, 0.15) is 29.9 Å². The van der Waals surface area contributed by atoms with Crippen LogP contribution in [0.4, 0.5) is 13.2 Å². The molecule has 0 N–H and O–H groups in total. The molecule has 3 aromatic rings. The molecule has 42 heavy (non-hydrogen) atoms. The Morgan fingerprint density at radius 1 is 1.02 bits per heavy atom. The molecule has 4 rings (SSSR count). The molecule has 2 unspecified atom stereocenters. The van der Waals surface area contributed by atoms with Crippen LogP contribution in [0.1, 0.15) is 32.4 Å². The molecular formula is C27H23F3N4O7S. The number of aromatic nitrogens is 3. The van der Waals surface area contributed by atoms with Gasteiger partial charge >= 0.3 is 17.9 Å². The molecule has 1 saturated heterocycles. The zero-order valence-electron chi connectivity index (χ0n) is 22.3. The molecule has 11 nitrogen and oxygen atoms in total. The largest absolute Gasteiger partial charge is 0.463 e. The van der Waals surface area contributed by atoms with E-state index in [0.29, 0.717) is 10.5 Å². The van der Waals surface area contributed by atoms with E-state index in [1.807, 2.05) is 6.07 Å². The number of benzene rings is 2. The van der Waals surface area contributed by atoms with Crippen LogP contribution in [0, 0.1) is 28.8 Å². The molecule has 5 atom stereocenters. The molecule has 0 aliphatic carbocycles. The summed E-state index contributed by atoms with van der Waals surface area (Å²) in [6, 6.07) is 8.84. The number of carbonyl (C=O) groups excluding carboxylic acids is 3. The monoisotopic (exact) mass is 604 g/mol. The zero-order valence-corrected chi connectivity index (χ0v) is 23.1. The number of thioether (sulfide) groups is 1. The van der Waals surface area contributed by atoms with Gasteiger partial charge in [0.2, 0.25) is 0 Å². The van der Waals surface area contributed by atoms with Crippen LogP contribution in [0.5, 0.6) is 0 Å². The molecule has 2 aromatic carbocycles. The number of nitrogens with zero attached hydrogens (tertiary/aromatic N) is 4. The SMILES string of the molecule is CC(=O)OCC1O[C@H](Sc2cccc(C#N)c2)[C@@H](OC(C)=O)C(n2cc(-c3cc(F)c(F)c(F)c3)nn2)[C@H]1OC(C)=O. The third-order valence-electron chi connectivity index (χ3n) is 5.98. The van der Waals surface area contributed by atoms with Crippen LogP contribution in [0.3, 0.4) is 0 Å². The lowest BCUT2D eigenvalue weighted by atomic mass is 9.96. The summed E-state index contributed by atoms with van der Waals surface area (Å²) in [4.78, 5) is 36.7. The minimum atomic E-state index is -1.66. The Labute approximate surface area is 241 Å². The summed E-state index contributed by atoms with van der Waals surface area (Å²) in [5, 5.41) is 17.3. The highest BCUT2D eigenvalue weighted by Crippen LogP contribution is 2.41. The Hall–Kier alpha value is -4.42. The van der Waals surface area contributed by atoms with Crippen LogP contribution in [0.25, 0.3) is 11.3 Å². The van der Waals surface area contributed by atoms with Gasteiger partial charge in [-0.15, -0.1) is 5.10 Å². The summed E-state index contributed by atoms with van der Waals surface area (Å²) >= 11 is 1.08. The number of hydrogen-bond donors (Lipinski definition) is 0. The van der Waals surface area contributed by atoms with E-state index in [-0.39, 0.29) is 17.9 Å². The van der Waals surface area contributed by atoms with E-state index < -0.39 is 65.1 Å². The van der Waals surface area contributed by atoms with Crippen molar-refractivity contribution in [3.63, 3.8) is 0 Å². The van der Waals surface area contributed by atoms with Gasteiger partial charge in [-0.25, -0.2) is 17.9 Å². The third kappa shape index (κ3) is 7.07. The zero-order chi connectivity index (χ0) is 30.6. The number of esters is 3. The maximum atomic E-state index is 13.9. The Kier molecular flexibility index (Phi) is 9.48. The predicted octanol–water partition coefficient (Wildman–Crippen LogP) is 3.72. The number of rotatable bonds is 8. The van der Waals surface area contributed by atoms with E-state index in [1.54, 1.807) is 24.3 Å². The first-order chi connectivity index (χ1) is 20.0. The van der Waals surface area contributed by atoms with Crippen LogP contribution >= 0.6 is 11.8 Å². The molecule has 1 aromatic heterocycles. The third-order valence-corrected chi connectivity index (χ3v) is 7.12. The number of nitriles is 1. The van der Waals surface area contributed by atoms with E-state index in [2.05, 4.69) is 10.3 Å². The molecule has 1 fully saturated rings. The first-order valence-corrected chi connectivity index (χ1v) is 13.2. The maximum Gasteiger partial charge on any atom is 0.303 e. The fraction of sp³-hybridized carbons (Fsp3) is 0.333. The second-order valence-electron chi connectivity index (χ2n) is 9.08. The average Bonchev–Trinajstić information content (AvgIpc) is 3.41. The van der Waals surface area contributed by atoms with Gasteiger partial charge in [0, 0.05) is 31.2 Å². The lowest BCUT2D eigenvalue weighted by Gasteiger charge is -2.44. The van der Waals surface area contributed by atoms with E-state index >= 15 is 0 Å². The summed E-state index contributed by atoms with van der Waals surface area (Å²) < 4.78 is 65.2. The molecule has 15 heteroatoms. The summed E-state index contributed by atoms with van der Waals surface area (Å²) in [5.74, 6) is -6.67. The number of halogens is 3. The molecule has 0 bridgehead atoms. The van der Waals surface area contributed by atoms with Crippen LogP contribution in [0.15, 0.2) is 47.5 Å². The van der Waals surface area contributed by atoms with Gasteiger partial charge in [0.25, 0.3) is 0 Å². The molecular weight excluding hydrogens is 581 g/mol. The molecule has 0 saturated carbocycles. The van der Waals surface area contributed by atoms with Gasteiger partial charge < -0.3 is 18.9 Å². The van der Waals surface area contributed by atoms with Crippen molar-refractivity contribution in [3.05, 3.63) is 65.6 Å². The van der Waals surface area contributed by atoms with Crippen molar-refractivity contribution in [3.8, 4) is 17.3 Å². The fourth-order valence-electron chi connectivity index (χ4n) is 4.31. The maximum absolute atomic E-state index is 13.9. The second kappa shape index (κ2) is 13.0. The Bertz CT molecular complexity index is 1520. The van der Waals surface area contributed by atoms with E-state index in [9.17, 15) is 32.8 Å². The normalized spacial score (nSPS) is 21.7. The minimum Gasteiger partial charge on any atom is -0.463 e. The molecule has 0 spiro atoms. The number of carbonyl (C=O) groups is 3. The van der Waals surface area contributed by atoms with Gasteiger partial charge in [-0.2, -0.15) is 5.26 Å². The lowest BCUT2D eigenvalue weighted by molar-refractivity contribution is -0.212. The summed E-state index contributed by atoms with van der Waals surface area (Å²) in [7, 11) is 0. The highest BCUT2D eigenvalue weighted by Gasteiger charge is 2.52. The van der Waals surface area contributed by atoms with Crippen LogP contribution < -0.4 is 0 Å². The van der Waals surface area contributed by atoms with Crippen molar-refractivity contribution in [1.82, 2.24) is 15.0 Å². The lowest BCUT2D eigenvalue weighted by Crippen LogP contribution is -2.57. The van der Waals surface area contributed by atoms with E-state index in [0.717, 1.165) is 42.4 Å². The first-order valence-electron chi connectivity index (χ1n) is 12.3. The molecule has 2 heterocycles. The molecule has 0 radical (unpaired) electrons. The Morgan fingerprint density at radius 3 is 2.31 bits per heavy atom. The van der Waals surface area contributed by atoms with Crippen LogP contribution in [-0.4, -0.2) is 63.3 Å². The molecule has 0 amide bonds. The number of ether oxygens (including phenoxy) is 4. The standard InChI is InChI=1S/C27H23F3N4O7S/c1-13(35)38-12-22-25(39-14(2)36)24(34-11-21(32-33-34)17-8-19(28)23(30)20(29)9-17)26(40-15(3)37)27(41-22)42-18-6-4-5-16(7-18)10-31/h4-9,11,22,24-27H,12H2,1-3H3/t22?,24?,25-,26-,27+/m0/s1. The van der Waals surface area contributed by atoms with E-state index in [4.69, 9.17) is 18.9 Å². The van der Waals surface area contributed by atoms with E-state index in [1.165, 1.54) is 13.1 Å². The van der Waals surface area contributed by atoms with Gasteiger partial charge in [-0.05, 0) is 30.3 Å². The van der Waals surface area contributed by atoms with Gasteiger partial charge in [0.05, 0.1) is 17.8 Å². The summed E-state index contributed by atoms with van der Waals surface area (Å²) in [5.41, 5.74) is -0.905. The minimum absolute atomic E-state index is 0.0788. The quantitative estimate of drug-likeness (QED) is 0.211. The fourth-order valence-corrected chi connectivity index (χ4v) is 5.48. The van der Waals surface area contributed by atoms with Gasteiger partial charge in [0.15, 0.2) is 29.7 Å². The van der Waals surface area contributed by atoms with Crippen molar-refractivity contribution >= 4 is 29.7 Å². The first kappa shape index (κ1) is 30.5. The topological polar surface area (TPSA) is 143 Å². The van der Waals surface area contributed by atoms with Gasteiger partial charge in [-0.1, -0.05) is 23.0 Å². The Morgan fingerprint density at radius 2 is 1.69 bits per heavy atom. The summed E-state index contributed by atoms with van der Waals surface area (Å²) in [6.07, 6.45) is -2.37. The van der Waals surface area contributed by atoms with Crippen molar-refractivity contribution in [2.24, 2.45) is 0 Å². The van der Waals surface area contributed by atoms with Crippen LogP contribution in [0.2, 0.25) is 0 Å². The smallest absolute Gasteiger partial charge is 0.303 e. The highest BCUT2D eigenvalue weighted by atomic mass is 32.2. The van der Waals surface area contributed by atoms with Gasteiger partial charge in [-0.3, -0.25) is 14.4 Å². The molecule has 220 valence electrons. The number of hydrogen-bond acceptors (Lipinski definition) is 11. The van der Waals surface area contributed by atoms with Crippen molar-refractivity contribution < 1.29 is 46.5 Å². The molecule has 1 aliphatic heterocycles. The van der Waals surface area contributed by atoms with Crippen molar-refractivity contribution in [1.29, 1.82) is 5.26 Å². The molecule has 1 aliphatic rings. The van der Waals surface area contributed by atoms with Crippen LogP contribution in [-0.2, 0) is 33.3 Å². The Balaban J connectivity index is 1.82. The average molecular weight is 605 g/mol. The second-order valence-corrected chi connectivity index (χ2v) is 10.3. The van der Waals surface area contributed by atoms with Crippen molar-refractivity contribution in [2.75, 3.05) is 6.61 Å². The highest BCUT2D eigenvalue weighted by molar-refractivity contribution is 7.99. The summed E-state index contributed by atoms with van der Waals surface area (Å²) in [6.45, 7) is 3.08.